The molecule has 0 radical (unpaired) electrons. The van der Waals surface area contributed by atoms with Crippen LogP contribution in [0.15, 0.2) is 54.7 Å². The van der Waals surface area contributed by atoms with E-state index in [1.54, 1.807) is 12.1 Å². The summed E-state index contributed by atoms with van der Waals surface area (Å²) in [5.74, 6) is -0.246. The minimum absolute atomic E-state index is 0.246. The minimum atomic E-state index is -0.427. The molecule has 1 aliphatic rings. The molecule has 0 saturated carbocycles. The number of fused-ring (bicyclic) bond motifs is 1. The lowest BCUT2D eigenvalue weighted by atomic mass is 10.1. The van der Waals surface area contributed by atoms with Crippen molar-refractivity contribution in [2.45, 2.75) is 19.2 Å². The molecule has 6 heteroatoms. The lowest BCUT2D eigenvalue weighted by Crippen LogP contribution is -2.48. The normalized spacial score (nSPS) is 17.2. The molecule has 4 rings (SSSR count). The van der Waals surface area contributed by atoms with Crippen molar-refractivity contribution in [3.63, 3.8) is 0 Å². The average molecular weight is 402 g/mol. The first-order valence-corrected chi connectivity index (χ1v) is 10.1. The Morgan fingerprint density at radius 1 is 0.929 bits per heavy atom. The number of aliphatic hydroxyl groups is 1. The zero-order chi connectivity index (χ0) is 19.5. The number of β-amino-alcohol motifs (C(OH)–C–C–N with tert-alkyl or cyclic N) is 1. The molecular weight excluding hydrogens is 377 g/mol. The number of hydrogen-bond acceptors (Lipinski definition) is 3. The number of benzene rings is 2. The number of aliphatic hydroxyl groups excluding tert-OH is 1. The van der Waals surface area contributed by atoms with E-state index in [0.717, 1.165) is 31.7 Å². The molecule has 0 aliphatic carbocycles. The van der Waals surface area contributed by atoms with Crippen molar-refractivity contribution in [1.82, 2.24) is 14.4 Å². The van der Waals surface area contributed by atoms with Crippen LogP contribution in [0.2, 0.25) is 5.02 Å². The Hall–Kier alpha value is -1.92. The summed E-state index contributed by atoms with van der Waals surface area (Å²) in [4.78, 5) is 4.49. The maximum Gasteiger partial charge on any atom is 0.129 e. The Morgan fingerprint density at radius 3 is 2.46 bits per heavy atom. The Morgan fingerprint density at radius 2 is 1.68 bits per heavy atom. The van der Waals surface area contributed by atoms with Gasteiger partial charge in [0.05, 0.1) is 6.10 Å². The van der Waals surface area contributed by atoms with Crippen molar-refractivity contribution < 1.29 is 9.50 Å². The largest absolute Gasteiger partial charge is 0.390 e. The summed E-state index contributed by atoms with van der Waals surface area (Å²) < 4.78 is 16.1. The summed E-state index contributed by atoms with van der Waals surface area (Å²) in [6.07, 6.45) is 1.60. The van der Waals surface area contributed by atoms with Gasteiger partial charge in [-0.2, -0.15) is 0 Å². The quantitative estimate of drug-likeness (QED) is 0.684. The van der Waals surface area contributed by atoms with Gasteiger partial charge >= 0.3 is 0 Å². The van der Waals surface area contributed by atoms with E-state index in [9.17, 15) is 9.50 Å². The van der Waals surface area contributed by atoms with Crippen LogP contribution in [0.1, 0.15) is 5.56 Å². The maximum atomic E-state index is 14.0. The van der Waals surface area contributed by atoms with Gasteiger partial charge in [-0.25, -0.2) is 4.39 Å². The summed E-state index contributed by atoms with van der Waals surface area (Å²) in [6.45, 7) is 5.13. The van der Waals surface area contributed by atoms with Crippen molar-refractivity contribution in [3.8, 4) is 0 Å². The van der Waals surface area contributed by atoms with Crippen LogP contribution in [0.5, 0.6) is 0 Å². The third-order valence-electron chi connectivity index (χ3n) is 5.46. The van der Waals surface area contributed by atoms with E-state index >= 15 is 0 Å². The predicted octanol–water partition coefficient (Wildman–Crippen LogP) is 3.61. The number of hydrogen-bond donors (Lipinski definition) is 1. The van der Waals surface area contributed by atoms with E-state index in [1.165, 1.54) is 11.5 Å². The van der Waals surface area contributed by atoms with Gasteiger partial charge in [-0.15, -0.1) is 0 Å². The molecule has 2 heterocycles. The second kappa shape index (κ2) is 8.62. The highest BCUT2D eigenvalue weighted by molar-refractivity contribution is 6.31. The fraction of sp³-hybridized carbons (Fsp3) is 0.364. The molecule has 148 valence electrons. The van der Waals surface area contributed by atoms with Crippen molar-refractivity contribution in [2.75, 3.05) is 32.7 Å². The van der Waals surface area contributed by atoms with E-state index in [2.05, 4.69) is 32.6 Å². The van der Waals surface area contributed by atoms with Gasteiger partial charge in [0.25, 0.3) is 0 Å². The number of nitrogens with zero attached hydrogens (tertiary/aromatic N) is 3. The monoisotopic (exact) mass is 401 g/mol. The molecule has 1 fully saturated rings. The molecule has 28 heavy (non-hydrogen) atoms. The highest BCUT2D eigenvalue weighted by atomic mass is 35.5. The highest BCUT2D eigenvalue weighted by Crippen LogP contribution is 2.21. The third kappa shape index (κ3) is 4.39. The van der Waals surface area contributed by atoms with Crippen molar-refractivity contribution >= 4 is 22.5 Å². The van der Waals surface area contributed by atoms with E-state index in [4.69, 9.17) is 11.6 Å². The van der Waals surface area contributed by atoms with Crippen LogP contribution in [0.25, 0.3) is 10.9 Å². The molecule has 1 aromatic heterocycles. The van der Waals surface area contributed by atoms with E-state index in [1.807, 2.05) is 18.3 Å². The zero-order valence-electron chi connectivity index (χ0n) is 15.8. The molecule has 4 nitrogen and oxygen atoms in total. The molecular formula is C22H25ClFN3O. The first kappa shape index (κ1) is 19.4. The third-order valence-corrected chi connectivity index (χ3v) is 5.82. The van der Waals surface area contributed by atoms with Crippen LogP contribution in [0, 0.1) is 5.82 Å². The highest BCUT2D eigenvalue weighted by Gasteiger charge is 2.21. The summed E-state index contributed by atoms with van der Waals surface area (Å²) in [7, 11) is 0. The fourth-order valence-corrected chi connectivity index (χ4v) is 4.14. The van der Waals surface area contributed by atoms with Gasteiger partial charge in [-0.3, -0.25) is 9.80 Å². The molecule has 0 spiro atoms. The lowest BCUT2D eigenvalue weighted by molar-refractivity contribution is 0.0626. The van der Waals surface area contributed by atoms with Gasteiger partial charge in [0.15, 0.2) is 0 Å². The molecule has 3 aromatic rings. The first-order valence-electron chi connectivity index (χ1n) is 9.69. The van der Waals surface area contributed by atoms with Crippen LogP contribution in [-0.2, 0) is 13.1 Å². The predicted molar refractivity (Wildman–Crippen MR) is 111 cm³/mol. The van der Waals surface area contributed by atoms with E-state index in [0.29, 0.717) is 30.2 Å². The minimum Gasteiger partial charge on any atom is -0.390 e. The number of halogens is 2. The summed E-state index contributed by atoms with van der Waals surface area (Å²) in [5, 5.41) is 12.2. The lowest BCUT2D eigenvalue weighted by Gasteiger charge is -2.35. The number of aromatic nitrogens is 1. The van der Waals surface area contributed by atoms with Crippen LogP contribution in [0.3, 0.4) is 0 Å². The summed E-state index contributed by atoms with van der Waals surface area (Å²) >= 11 is 6.14. The second-order valence-electron chi connectivity index (χ2n) is 7.46. The second-order valence-corrected chi connectivity index (χ2v) is 7.86. The average Bonchev–Trinajstić information content (AvgIpc) is 3.09. The van der Waals surface area contributed by atoms with E-state index < -0.39 is 6.10 Å². The van der Waals surface area contributed by atoms with Crippen molar-refractivity contribution in [1.29, 1.82) is 0 Å². The number of piperazine rings is 1. The Balaban J connectivity index is 1.28. The topological polar surface area (TPSA) is 31.6 Å². The fourth-order valence-electron chi connectivity index (χ4n) is 3.92. The van der Waals surface area contributed by atoms with Gasteiger partial charge < -0.3 is 9.67 Å². The Kier molecular flexibility index (Phi) is 5.97. The maximum absolute atomic E-state index is 14.0. The van der Waals surface area contributed by atoms with Crippen LogP contribution in [0.4, 0.5) is 4.39 Å². The molecule has 1 N–H and O–H groups in total. The van der Waals surface area contributed by atoms with Crippen LogP contribution in [-0.4, -0.2) is 58.3 Å². The first-order chi connectivity index (χ1) is 13.6. The molecule has 0 bridgehead atoms. The SMILES string of the molecule is OC(CN1CCN(Cc2c(F)cccc2Cl)CC1)Cn1ccc2ccccc21. The van der Waals surface area contributed by atoms with Gasteiger partial charge in [-0.1, -0.05) is 35.9 Å². The van der Waals surface area contributed by atoms with Crippen molar-refractivity contribution in [3.05, 3.63) is 71.1 Å². The van der Waals surface area contributed by atoms with Gasteiger partial charge in [-0.05, 0) is 29.7 Å². The number of rotatable bonds is 6. The van der Waals surface area contributed by atoms with Crippen molar-refractivity contribution in [2.24, 2.45) is 0 Å². The Bertz CT molecular complexity index is 916. The standard InChI is InChI=1S/C22H25ClFN3O/c23-20-5-3-6-21(24)19(20)16-26-12-10-25(11-13-26)14-18(28)15-27-9-8-17-4-1-2-7-22(17)27/h1-9,18,28H,10-16H2. The molecule has 1 unspecified atom stereocenters. The van der Waals surface area contributed by atoms with Gasteiger partial charge in [0.1, 0.15) is 5.82 Å². The van der Waals surface area contributed by atoms with E-state index in [-0.39, 0.29) is 5.82 Å². The molecule has 1 saturated heterocycles. The Labute approximate surface area is 169 Å². The number of para-hydroxylation sites is 1. The molecule has 0 amide bonds. The molecule has 2 aromatic carbocycles. The van der Waals surface area contributed by atoms with Gasteiger partial charge in [0, 0.05) is 68.1 Å². The summed E-state index contributed by atoms with van der Waals surface area (Å²) in [6, 6.07) is 15.1. The summed E-state index contributed by atoms with van der Waals surface area (Å²) in [5.41, 5.74) is 1.71. The van der Waals surface area contributed by atoms with Crippen LogP contribution < -0.4 is 0 Å². The zero-order valence-corrected chi connectivity index (χ0v) is 16.5. The molecule has 1 atom stereocenters. The van der Waals surface area contributed by atoms with Gasteiger partial charge in [0.2, 0.25) is 0 Å². The smallest absolute Gasteiger partial charge is 0.129 e. The van der Waals surface area contributed by atoms with Crippen LogP contribution >= 0.6 is 11.6 Å². The molecule has 1 aliphatic heterocycles.